The fourth-order valence-electron chi connectivity index (χ4n) is 8.99. The van der Waals surface area contributed by atoms with Crippen LogP contribution >= 0.6 is 11.3 Å². The van der Waals surface area contributed by atoms with Crippen LogP contribution < -0.4 is 20.1 Å². The SMILES string of the molecule is COc1cccc(-c2csc(C(=O)N3C[C@H]4CN5C(=O)[C@@H](NC(=O)OC6CCCC6)CCCCC/C=C\[C@@H]6C[C@@]6(C(=O)NS(=O)(=O)C6CC6)NC(=O)[C@@H]5[C@H]4C3)n2)c1. The Morgan fingerprint density at radius 3 is 2.56 bits per heavy atom. The van der Waals surface area contributed by atoms with Gasteiger partial charge >= 0.3 is 6.09 Å². The largest absolute Gasteiger partial charge is 0.497 e. The van der Waals surface area contributed by atoms with Gasteiger partial charge in [-0.05, 0) is 76.3 Å². The third-order valence-electron chi connectivity index (χ3n) is 12.4. The van der Waals surface area contributed by atoms with Gasteiger partial charge in [-0.3, -0.25) is 23.9 Å². The van der Waals surface area contributed by atoms with Gasteiger partial charge in [-0.15, -0.1) is 11.3 Å². The molecule has 15 nitrogen and oxygen atoms in total. The molecule has 1 aromatic heterocycles. The Morgan fingerprint density at radius 2 is 1.79 bits per heavy atom. The van der Waals surface area contributed by atoms with Gasteiger partial charge in [-0.25, -0.2) is 18.2 Å². The average molecular weight is 823 g/mol. The van der Waals surface area contributed by atoms with Crippen LogP contribution in [0.1, 0.15) is 86.9 Å². The zero-order chi connectivity index (χ0) is 39.9. The number of ether oxygens (including phenoxy) is 2. The smallest absolute Gasteiger partial charge is 0.408 e. The summed E-state index contributed by atoms with van der Waals surface area (Å²) < 4.78 is 39.1. The second kappa shape index (κ2) is 16.0. The quantitative estimate of drug-likeness (QED) is 0.331. The highest BCUT2D eigenvalue weighted by atomic mass is 32.2. The molecule has 3 N–H and O–H groups in total. The maximum absolute atomic E-state index is 14.7. The van der Waals surface area contributed by atoms with E-state index in [2.05, 4.69) is 20.3 Å². The van der Waals surface area contributed by atoms with Crippen LogP contribution in [0.5, 0.6) is 5.75 Å². The molecule has 3 aliphatic heterocycles. The summed E-state index contributed by atoms with van der Waals surface area (Å²) in [5, 5.41) is 7.23. The van der Waals surface area contributed by atoms with Crippen LogP contribution in [-0.2, 0) is 29.1 Å². The Morgan fingerprint density at radius 1 is 1.00 bits per heavy atom. The molecule has 0 unspecified atom stereocenters. The predicted molar refractivity (Wildman–Crippen MR) is 209 cm³/mol. The van der Waals surface area contributed by atoms with Gasteiger partial charge in [0.2, 0.25) is 21.8 Å². The third-order valence-corrected chi connectivity index (χ3v) is 15.1. The van der Waals surface area contributed by atoms with E-state index in [0.717, 1.165) is 44.1 Å². The lowest BCUT2D eigenvalue weighted by Gasteiger charge is -2.33. The van der Waals surface area contributed by atoms with Gasteiger partial charge in [0.15, 0.2) is 5.01 Å². The van der Waals surface area contributed by atoms with E-state index in [0.29, 0.717) is 43.5 Å². The van der Waals surface area contributed by atoms with Crippen LogP contribution in [0.15, 0.2) is 41.8 Å². The number of likely N-dealkylation sites (tertiary alicyclic amines) is 1. The van der Waals surface area contributed by atoms with E-state index >= 15 is 0 Å². The van der Waals surface area contributed by atoms with E-state index in [1.807, 2.05) is 41.8 Å². The van der Waals surface area contributed by atoms with Gasteiger partial charge < -0.3 is 29.9 Å². The zero-order valence-electron chi connectivity index (χ0n) is 32.0. The Bertz CT molecular complexity index is 2050. The summed E-state index contributed by atoms with van der Waals surface area (Å²) in [6.07, 6.45) is 10.9. The van der Waals surface area contributed by atoms with Crippen molar-refractivity contribution in [1.82, 2.24) is 30.1 Å². The lowest BCUT2D eigenvalue weighted by Crippen LogP contribution is -2.60. The standard InChI is InChI=1S/C40H50N6O9S2/c1-54-28-14-9-10-24(18-28)32-23-56-35(41-32)37(49)45-20-25-21-46-33(30(25)22-45)34(47)43-40(38(50)44-57(52,53)29-16-17-29)19-26(40)11-5-3-2-4-6-15-31(36(46)48)42-39(51)55-27-12-7-8-13-27/h5,9-11,14,18,23,25-27,29-31,33H,2-4,6-8,12-13,15-17,19-22H2,1H3,(H,42,51)(H,43,47)(H,44,50)/b11-5-/t25-,26+,30-,31-,33-,40+/m0/s1. The fraction of sp³-hybridized carbons (Fsp3) is 0.600. The predicted octanol–water partition coefficient (Wildman–Crippen LogP) is 3.76. The van der Waals surface area contributed by atoms with E-state index in [4.69, 9.17) is 9.47 Å². The number of benzene rings is 1. The number of carbonyl (C=O) groups is 5. The normalized spacial score (nSPS) is 29.9. The summed E-state index contributed by atoms with van der Waals surface area (Å²) in [4.78, 5) is 78.1. The number of rotatable bonds is 8. The molecule has 5 amide bonds. The topological polar surface area (TPSA) is 193 Å². The summed E-state index contributed by atoms with van der Waals surface area (Å²) >= 11 is 1.22. The number of nitrogens with zero attached hydrogens (tertiary/aromatic N) is 3. The number of hydrogen-bond acceptors (Lipinski definition) is 11. The molecule has 57 heavy (non-hydrogen) atoms. The molecule has 1 aromatic carbocycles. The second-order valence-electron chi connectivity index (χ2n) is 16.4. The minimum Gasteiger partial charge on any atom is -0.497 e. The number of hydrogen-bond donors (Lipinski definition) is 3. The summed E-state index contributed by atoms with van der Waals surface area (Å²) in [7, 11) is -2.33. The Kier molecular flexibility index (Phi) is 11.1. The maximum atomic E-state index is 14.7. The monoisotopic (exact) mass is 822 g/mol. The number of amides is 5. The highest BCUT2D eigenvalue weighted by molar-refractivity contribution is 7.91. The van der Waals surface area contributed by atoms with Crippen molar-refractivity contribution in [2.24, 2.45) is 17.8 Å². The van der Waals surface area contributed by atoms with Crippen LogP contribution in [0.3, 0.4) is 0 Å². The summed E-state index contributed by atoms with van der Waals surface area (Å²) in [6, 6.07) is 5.35. The van der Waals surface area contributed by atoms with Crippen molar-refractivity contribution in [1.29, 1.82) is 0 Å². The van der Waals surface area contributed by atoms with Crippen molar-refractivity contribution in [2.45, 2.75) is 106 Å². The molecular formula is C40H50N6O9S2. The number of alkyl carbamates (subject to hydrolysis) is 1. The first kappa shape index (κ1) is 39.3. The molecule has 8 rings (SSSR count). The number of methoxy groups -OCH3 is 1. The number of fused-ring (bicyclic) bond motifs is 4. The van der Waals surface area contributed by atoms with Crippen LogP contribution in [0.25, 0.3) is 11.3 Å². The molecule has 3 saturated carbocycles. The molecular weight excluding hydrogens is 773 g/mol. The Labute approximate surface area is 336 Å². The molecule has 0 radical (unpaired) electrons. The molecule has 3 aliphatic carbocycles. The maximum Gasteiger partial charge on any atom is 0.408 e. The van der Waals surface area contributed by atoms with Crippen LogP contribution in [0.2, 0.25) is 0 Å². The first-order valence-corrected chi connectivity index (χ1v) is 22.6. The van der Waals surface area contributed by atoms with Crippen LogP contribution in [0.4, 0.5) is 4.79 Å². The highest BCUT2D eigenvalue weighted by Crippen LogP contribution is 2.47. The Balaban J connectivity index is 1.06. The molecule has 0 bridgehead atoms. The molecule has 2 saturated heterocycles. The van der Waals surface area contributed by atoms with Gasteiger partial charge in [-0.1, -0.05) is 37.1 Å². The van der Waals surface area contributed by atoms with Crippen molar-refractivity contribution in [2.75, 3.05) is 26.7 Å². The molecule has 5 fully saturated rings. The molecule has 17 heteroatoms. The van der Waals surface area contributed by atoms with Crippen molar-refractivity contribution in [3.05, 3.63) is 46.8 Å². The number of sulfonamides is 1. The number of thiazole rings is 1. The van der Waals surface area contributed by atoms with Gasteiger partial charge in [0, 0.05) is 48.3 Å². The second-order valence-corrected chi connectivity index (χ2v) is 19.2. The molecule has 306 valence electrons. The first-order chi connectivity index (χ1) is 27.5. The summed E-state index contributed by atoms with van der Waals surface area (Å²) in [6.45, 7) is 0.566. The van der Waals surface area contributed by atoms with E-state index in [1.54, 1.807) is 12.0 Å². The zero-order valence-corrected chi connectivity index (χ0v) is 33.7. The van der Waals surface area contributed by atoms with Crippen molar-refractivity contribution in [3.63, 3.8) is 0 Å². The Hall–Kier alpha value is -4.51. The third kappa shape index (κ3) is 8.27. The van der Waals surface area contributed by atoms with Gasteiger partial charge in [-0.2, -0.15) is 0 Å². The average Bonchev–Trinajstić information content (AvgIpc) is 3.85. The van der Waals surface area contributed by atoms with E-state index < -0.39 is 68.5 Å². The van der Waals surface area contributed by atoms with Gasteiger partial charge in [0.1, 0.15) is 29.5 Å². The minimum atomic E-state index is -3.91. The number of allylic oxidation sites excluding steroid dienone is 1. The van der Waals surface area contributed by atoms with E-state index in [9.17, 15) is 32.4 Å². The molecule has 6 atom stereocenters. The first-order valence-electron chi connectivity index (χ1n) is 20.2. The van der Waals surface area contributed by atoms with Crippen LogP contribution in [-0.4, -0.2) is 109 Å². The molecule has 4 heterocycles. The van der Waals surface area contributed by atoms with Crippen molar-refractivity contribution >= 4 is 51.1 Å². The summed E-state index contributed by atoms with van der Waals surface area (Å²) in [5.74, 6) is -2.67. The minimum absolute atomic E-state index is 0.146. The van der Waals surface area contributed by atoms with Crippen LogP contribution in [0, 0.1) is 17.8 Å². The molecule has 2 aromatic rings. The molecule has 6 aliphatic rings. The highest BCUT2D eigenvalue weighted by Gasteiger charge is 2.63. The van der Waals surface area contributed by atoms with Crippen molar-refractivity contribution < 1.29 is 41.9 Å². The van der Waals surface area contributed by atoms with Gasteiger partial charge in [0.05, 0.1) is 18.1 Å². The van der Waals surface area contributed by atoms with Crippen molar-refractivity contribution in [3.8, 4) is 17.0 Å². The van der Waals surface area contributed by atoms with E-state index in [-0.39, 0.29) is 49.0 Å². The van der Waals surface area contributed by atoms with E-state index in [1.165, 1.54) is 16.2 Å². The lowest BCUT2D eigenvalue weighted by atomic mass is 9.93. The number of carbonyl (C=O) groups excluding carboxylic acids is 5. The lowest BCUT2D eigenvalue weighted by molar-refractivity contribution is -0.142. The summed E-state index contributed by atoms with van der Waals surface area (Å²) in [5.41, 5.74) is -0.0860. The number of nitrogens with one attached hydrogen (secondary N) is 3. The van der Waals surface area contributed by atoms with Gasteiger partial charge in [0.25, 0.3) is 11.8 Å². The number of aromatic nitrogens is 1. The fourth-order valence-corrected chi connectivity index (χ4v) is 11.1. The molecule has 0 spiro atoms.